The topological polar surface area (TPSA) is 153 Å². The van der Waals surface area contributed by atoms with Crippen molar-refractivity contribution < 1.29 is 28.1 Å². The highest BCUT2D eigenvalue weighted by Gasteiger charge is 2.39. The van der Waals surface area contributed by atoms with Crippen molar-refractivity contribution in [3.63, 3.8) is 0 Å². The number of nitrogens with two attached hydrogens (primary N) is 1. The Bertz CT molecular complexity index is 1200. The Hall–Kier alpha value is -3.21. The van der Waals surface area contributed by atoms with Crippen molar-refractivity contribution in [1.29, 1.82) is 0 Å². The molecule has 3 aromatic rings. The predicted octanol–water partition coefficient (Wildman–Crippen LogP) is 2.98. The van der Waals surface area contributed by atoms with E-state index in [1.54, 1.807) is 70.0 Å². The molecule has 3 N–H and O–H groups in total. The summed E-state index contributed by atoms with van der Waals surface area (Å²) >= 11 is 0. The Labute approximate surface area is 203 Å². The summed E-state index contributed by atoms with van der Waals surface area (Å²) in [5, 5.41) is 2.83. The molecule has 0 radical (unpaired) electrons. The van der Waals surface area contributed by atoms with Crippen molar-refractivity contribution >= 4 is 30.5 Å². The second-order valence-electron chi connectivity index (χ2n) is 8.54. The SMILES string of the molecule is COc1ccc(OP(=O)(COCCn2cnc3c(N)ncnc32)NC(C)(C)C(=O)OC(C)C)cc1. The molecule has 0 aliphatic rings. The van der Waals surface area contributed by atoms with Crippen LogP contribution in [0.3, 0.4) is 0 Å². The minimum absolute atomic E-state index is 0.171. The number of hydrogen-bond donors (Lipinski definition) is 2. The van der Waals surface area contributed by atoms with E-state index in [1.807, 2.05) is 0 Å². The molecule has 0 fully saturated rings. The van der Waals surface area contributed by atoms with E-state index in [0.29, 0.717) is 29.2 Å². The minimum atomic E-state index is -3.73. The maximum absolute atomic E-state index is 13.8. The summed E-state index contributed by atoms with van der Waals surface area (Å²) in [6, 6.07) is 6.59. The van der Waals surface area contributed by atoms with Gasteiger partial charge in [-0.2, -0.15) is 0 Å². The molecular weight excluding hydrogens is 475 g/mol. The van der Waals surface area contributed by atoms with Crippen LogP contribution in [0, 0.1) is 0 Å². The van der Waals surface area contributed by atoms with E-state index in [2.05, 4.69) is 20.0 Å². The molecule has 35 heavy (non-hydrogen) atoms. The zero-order chi connectivity index (χ0) is 25.6. The van der Waals surface area contributed by atoms with Crippen LogP contribution in [0.2, 0.25) is 0 Å². The van der Waals surface area contributed by atoms with E-state index in [9.17, 15) is 9.36 Å². The van der Waals surface area contributed by atoms with E-state index < -0.39 is 19.0 Å². The summed E-state index contributed by atoms with van der Waals surface area (Å²) in [6.07, 6.45) is 2.30. The summed E-state index contributed by atoms with van der Waals surface area (Å²) in [5.74, 6) is 0.667. The lowest BCUT2D eigenvalue weighted by Crippen LogP contribution is -2.48. The van der Waals surface area contributed by atoms with E-state index in [-0.39, 0.29) is 24.9 Å². The molecule has 0 bridgehead atoms. The number of esters is 1. The van der Waals surface area contributed by atoms with Gasteiger partial charge in [-0.25, -0.2) is 20.0 Å². The molecule has 1 aromatic carbocycles. The van der Waals surface area contributed by atoms with Crippen molar-refractivity contribution in [2.75, 3.05) is 25.8 Å². The van der Waals surface area contributed by atoms with Gasteiger partial charge in [0.05, 0.1) is 26.1 Å². The molecule has 0 aliphatic heterocycles. The molecule has 0 saturated heterocycles. The second kappa shape index (κ2) is 11.0. The van der Waals surface area contributed by atoms with Crippen LogP contribution >= 0.6 is 7.52 Å². The minimum Gasteiger partial charge on any atom is -0.497 e. The summed E-state index contributed by atoms with van der Waals surface area (Å²) in [7, 11) is -2.19. The smallest absolute Gasteiger partial charge is 0.342 e. The first-order valence-electron chi connectivity index (χ1n) is 11.0. The van der Waals surface area contributed by atoms with Crippen molar-refractivity contribution in [3.8, 4) is 11.5 Å². The number of nitrogens with one attached hydrogen (secondary N) is 1. The standard InChI is InChI=1S/C22H31N6O6P/c1-15(2)33-21(29)22(3,4)27-35(30,34-17-8-6-16(31-5)7-9-17)14-32-11-10-28-13-26-18-19(23)24-12-25-20(18)28/h6-9,12-13,15H,10-11,14H2,1-5H3,(H,27,30)(H2,23,24,25). The van der Waals surface area contributed by atoms with E-state index in [0.717, 1.165) is 0 Å². The average molecular weight is 507 g/mol. The van der Waals surface area contributed by atoms with Crippen LogP contribution in [-0.4, -0.2) is 57.2 Å². The molecule has 1 atom stereocenters. The summed E-state index contributed by atoms with van der Waals surface area (Å²) in [4.78, 5) is 24.9. The Balaban J connectivity index is 1.71. The first-order valence-corrected chi connectivity index (χ1v) is 12.8. The third-order valence-electron chi connectivity index (χ3n) is 4.78. The molecular formula is C22H31N6O6P. The fourth-order valence-corrected chi connectivity index (χ4v) is 5.07. The second-order valence-corrected chi connectivity index (χ2v) is 10.5. The number of carbonyl (C=O) groups excluding carboxylic acids is 1. The lowest BCUT2D eigenvalue weighted by Gasteiger charge is -2.30. The van der Waals surface area contributed by atoms with Gasteiger partial charge < -0.3 is 29.0 Å². The quantitative estimate of drug-likeness (QED) is 0.212. The maximum atomic E-state index is 13.8. The fourth-order valence-electron chi connectivity index (χ4n) is 3.13. The van der Waals surface area contributed by atoms with Gasteiger partial charge in [-0.1, -0.05) is 0 Å². The van der Waals surface area contributed by atoms with Gasteiger partial charge in [0.15, 0.2) is 11.5 Å². The molecule has 190 valence electrons. The third kappa shape index (κ3) is 6.91. The number of anilines is 1. The number of carbonyl (C=O) groups is 1. The zero-order valence-electron chi connectivity index (χ0n) is 20.4. The normalized spacial score (nSPS) is 13.5. The number of imidazole rings is 1. The van der Waals surface area contributed by atoms with Crippen molar-refractivity contribution in [3.05, 3.63) is 36.9 Å². The molecule has 13 heteroatoms. The maximum Gasteiger partial charge on any atom is 0.342 e. The number of fused-ring (bicyclic) bond motifs is 1. The number of nitrogens with zero attached hydrogens (tertiary/aromatic N) is 4. The third-order valence-corrected chi connectivity index (χ3v) is 6.71. The van der Waals surface area contributed by atoms with Crippen LogP contribution in [-0.2, 0) is 25.4 Å². The summed E-state index contributed by atoms with van der Waals surface area (Å²) < 4.78 is 37.5. The molecule has 12 nitrogen and oxygen atoms in total. The number of aromatic nitrogens is 4. The highest BCUT2D eigenvalue weighted by Crippen LogP contribution is 2.45. The molecule has 0 amide bonds. The van der Waals surface area contributed by atoms with Gasteiger partial charge in [-0.15, -0.1) is 0 Å². The number of benzene rings is 1. The van der Waals surface area contributed by atoms with E-state index >= 15 is 0 Å². The molecule has 0 saturated carbocycles. The predicted molar refractivity (Wildman–Crippen MR) is 130 cm³/mol. The molecule has 2 aromatic heterocycles. The number of rotatable bonds is 12. The van der Waals surface area contributed by atoms with Crippen LogP contribution in [0.4, 0.5) is 5.82 Å². The van der Waals surface area contributed by atoms with Crippen molar-refractivity contribution in [2.24, 2.45) is 0 Å². The van der Waals surface area contributed by atoms with Crippen molar-refractivity contribution in [2.45, 2.75) is 45.9 Å². The molecule has 0 aliphatic carbocycles. The van der Waals surface area contributed by atoms with E-state index in [1.165, 1.54) is 6.33 Å². The highest BCUT2D eigenvalue weighted by molar-refractivity contribution is 7.57. The fraction of sp³-hybridized carbons (Fsp3) is 0.455. The van der Waals surface area contributed by atoms with Crippen molar-refractivity contribution in [1.82, 2.24) is 24.6 Å². The number of nitrogen functional groups attached to an aromatic ring is 1. The van der Waals surface area contributed by atoms with E-state index in [4.69, 9.17) is 24.5 Å². The highest BCUT2D eigenvalue weighted by atomic mass is 31.2. The summed E-state index contributed by atoms with van der Waals surface area (Å²) in [5.41, 5.74) is 5.58. The van der Waals surface area contributed by atoms with Gasteiger partial charge in [-0.3, -0.25) is 9.36 Å². The van der Waals surface area contributed by atoms with Gasteiger partial charge >= 0.3 is 13.5 Å². The number of ether oxygens (including phenoxy) is 3. The van der Waals surface area contributed by atoms with Crippen LogP contribution in [0.1, 0.15) is 27.7 Å². The Morgan fingerprint density at radius 3 is 2.51 bits per heavy atom. The average Bonchev–Trinajstić information content (AvgIpc) is 3.21. The molecule has 3 rings (SSSR count). The monoisotopic (exact) mass is 506 g/mol. The Morgan fingerprint density at radius 1 is 1.17 bits per heavy atom. The lowest BCUT2D eigenvalue weighted by molar-refractivity contribution is -0.153. The largest absolute Gasteiger partial charge is 0.497 e. The number of hydrogen-bond acceptors (Lipinski definition) is 10. The van der Waals surface area contributed by atoms with Gasteiger partial charge in [0.2, 0.25) is 0 Å². The van der Waals surface area contributed by atoms with Crippen LogP contribution in [0.15, 0.2) is 36.9 Å². The molecule has 0 spiro atoms. The lowest BCUT2D eigenvalue weighted by atomic mass is 10.1. The summed E-state index contributed by atoms with van der Waals surface area (Å²) in [6.45, 7) is 7.16. The van der Waals surface area contributed by atoms with Crippen LogP contribution in [0.5, 0.6) is 11.5 Å². The van der Waals surface area contributed by atoms with Gasteiger partial charge in [0.25, 0.3) is 0 Å². The first-order chi connectivity index (χ1) is 16.5. The van der Waals surface area contributed by atoms with Gasteiger partial charge in [0.1, 0.15) is 35.2 Å². The zero-order valence-corrected chi connectivity index (χ0v) is 21.3. The van der Waals surface area contributed by atoms with Crippen LogP contribution in [0.25, 0.3) is 11.2 Å². The van der Waals surface area contributed by atoms with Gasteiger partial charge in [0, 0.05) is 6.54 Å². The molecule has 2 heterocycles. The Morgan fingerprint density at radius 2 is 1.86 bits per heavy atom. The van der Waals surface area contributed by atoms with Crippen LogP contribution < -0.4 is 20.1 Å². The van der Waals surface area contributed by atoms with Gasteiger partial charge in [-0.05, 0) is 52.0 Å². The number of methoxy groups -OCH3 is 1. The Kier molecular flexibility index (Phi) is 8.31. The molecule has 1 unspecified atom stereocenters. The first kappa shape index (κ1) is 26.4.